The highest BCUT2D eigenvalue weighted by Gasteiger charge is 2.20. The summed E-state index contributed by atoms with van der Waals surface area (Å²) in [5, 5.41) is 13.7. The molecule has 0 saturated heterocycles. The highest BCUT2D eigenvalue weighted by Crippen LogP contribution is 2.30. The summed E-state index contributed by atoms with van der Waals surface area (Å²) in [5.74, 6) is 0. The van der Waals surface area contributed by atoms with E-state index in [1.807, 2.05) is 24.3 Å². The molecule has 1 aliphatic rings. The second kappa shape index (κ2) is 6.61. The first-order valence-corrected chi connectivity index (χ1v) is 8.41. The van der Waals surface area contributed by atoms with E-state index in [1.165, 1.54) is 24.6 Å². The maximum Gasteiger partial charge on any atom is 0.101 e. The molecule has 1 saturated carbocycles. The Hall–Kier alpha value is -1.35. The first-order chi connectivity index (χ1) is 10.2. The van der Waals surface area contributed by atoms with Gasteiger partial charge in [-0.15, -0.1) is 0 Å². The van der Waals surface area contributed by atoms with Crippen molar-refractivity contribution in [3.05, 3.63) is 52.1 Å². The minimum absolute atomic E-state index is 0.677. The van der Waals surface area contributed by atoms with Crippen LogP contribution >= 0.6 is 27.7 Å². The number of hydrogen-bond acceptors (Lipinski definition) is 4. The van der Waals surface area contributed by atoms with Gasteiger partial charge in [-0.3, -0.25) is 0 Å². The summed E-state index contributed by atoms with van der Waals surface area (Å²) in [6.45, 7) is 0.834. The third-order valence-electron chi connectivity index (χ3n) is 3.25. The van der Waals surface area contributed by atoms with Crippen molar-refractivity contribution in [2.45, 2.75) is 35.3 Å². The zero-order valence-corrected chi connectivity index (χ0v) is 13.7. The van der Waals surface area contributed by atoms with E-state index in [-0.39, 0.29) is 0 Å². The van der Waals surface area contributed by atoms with Crippen LogP contribution in [0.25, 0.3) is 0 Å². The van der Waals surface area contributed by atoms with Crippen LogP contribution in [0.4, 0.5) is 0 Å². The van der Waals surface area contributed by atoms with Crippen molar-refractivity contribution < 1.29 is 0 Å². The van der Waals surface area contributed by atoms with Crippen LogP contribution in [0.15, 0.2) is 50.9 Å². The van der Waals surface area contributed by atoms with Gasteiger partial charge in [0.1, 0.15) is 11.1 Å². The lowest BCUT2D eigenvalue weighted by Crippen LogP contribution is -2.15. The lowest BCUT2D eigenvalue weighted by Gasteiger charge is -2.07. The van der Waals surface area contributed by atoms with Gasteiger partial charge >= 0.3 is 0 Å². The molecule has 3 rings (SSSR count). The van der Waals surface area contributed by atoms with Crippen LogP contribution in [-0.2, 0) is 6.54 Å². The van der Waals surface area contributed by atoms with Crippen molar-refractivity contribution in [1.29, 1.82) is 5.26 Å². The van der Waals surface area contributed by atoms with Gasteiger partial charge in [-0.25, -0.2) is 4.98 Å². The normalized spacial score (nSPS) is 13.9. The Balaban J connectivity index is 1.74. The maximum atomic E-state index is 9.34. The molecule has 1 fully saturated rings. The van der Waals surface area contributed by atoms with Crippen molar-refractivity contribution in [2.75, 3.05) is 0 Å². The van der Waals surface area contributed by atoms with E-state index in [4.69, 9.17) is 0 Å². The monoisotopic (exact) mass is 359 g/mol. The molecule has 2 aromatic rings. The van der Waals surface area contributed by atoms with Gasteiger partial charge in [0.05, 0.1) is 5.56 Å². The van der Waals surface area contributed by atoms with Crippen molar-refractivity contribution in [2.24, 2.45) is 0 Å². The summed E-state index contributed by atoms with van der Waals surface area (Å²) >= 11 is 4.89. The number of nitriles is 1. The average Bonchev–Trinajstić information content (AvgIpc) is 3.33. The molecule has 0 atom stereocenters. The highest BCUT2D eigenvalue weighted by molar-refractivity contribution is 9.10. The Morgan fingerprint density at radius 2 is 2.19 bits per heavy atom. The van der Waals surface area contributed by atoms with Crippen LogP contribution in [-0.4, -0.2) is 11.0 Å². The molecule has 1 aliphatic carbocycles. The van der Waals surface area contributed by atoms with Crippen LogP contribution in [0.3, 0.4) is 0 Å². The summed E-state index contributed by atoms with van der Waals surface area (Å²) in [5.41, 5.74) is 1.87. The Labute approximate surface area is 136 Å². The Morgan fingerprint density at radius 3 is 2.86 bits per heavy atom. The first-order valence-electron chi connectivity index (χ1n) is 6.80. The molecule has 1 aromatic heterocycles. The second-order valence-electron chi connectivity index (χ2n) is 5.01. The van der Waals surface area contributed by atoms with Crippen LogP contribution in [0, 0.1) is 11.3 Å². The lowest BCUT2D eigenvalue weighted by molar-refractivity contribution is 0.687. The van der Waals surface area contributed by atoms with Crippen molar-refractivity contribution in [3.63, 3.8) is 0 Å². The molecule has 106 valence electrons. The maximum absolute atomic E-state index is 9.34. The number of pyridine rings is 1. The van der Waals surface area contributed by atoms with Gasteiger partial charge in [-0.05, 0) is 58.6 Å². The highest BCUT2D eigenvalue weighted by atomic mass is 79.9. The number of rotatable bonds is 5. The Morgan fingerprint density at radius 1 is 1.33 bits per heavy atom. The molecule has 0 aliphatic heterocycles. The summed E-state index contributed by atoms with van der Waals surface area (Å²) in [6.07, 6.45) is 4.31. The molecule has 0 spiro atoms. The predicted octanol–water partition coefficient (Wildman–Crippen LogP) is 4.12. The van der Waals surface area contributed by atoms with Crippen molar-refractivity contribution in [3.8, 4) is 6.07 Å². The topological polar surface area (TPSA) is 48.7 Å². The molecule has 21 heavy (non-hydrogen) atoms. The molecular formula is C16H14BrN3S. The van der Waals surface area contributed by atoms with Gasteiger partial charge in [-0.1, -0.05) is 17.8 Å². The van der Waals surface area contributed by atoms with Gasteiger partial charge in [0.15, 0.2) is 0 Å². The van der Waals surface area contributed by atoms with Gasteiger partial charge < -0.3 is 5.32 Å². The zero-order chi connectivity index (χ0) is 14.7. The van der Waals surface area contributed by atoms with E-state index in [2.05, 4.69) is 38.4 Å². The van der Waals surface area contributed by atoms with Crippen molar-refractivity contribution >= 4 is 27.7 Å². The molecule has 0 bridgehead atoms. The van der Waals surface area contributed by atoms with Crippen molar-refractivity contribution in [1.82, 2.24) is 10.3 Å². The standard InChI is InChI=1S/C16H14BrN3S/c17-13-2-6-16(20-10-13)21-15-5-1-11(7-12(15)8-18)9-19-14-3-4-14/h1-2,5-7,10,14,19H,3-4,9H2. The summed E-state index contributed by atoms with van der Waals surface area (Å²) in [6, 6.07) is 12.9. The van der Waals surface area contributed by atoms with Gasteiger partial charge in [0.2, 0.25) is 0 Å². The second-order valence-corrected chi connectivity index (χ2v) is 6.99. The van der Waals surface area contributed by atoms with E-state index in [0.717, 1.165) is 26.5 Å². The number of aromatic nitrogens is 1. The fraction of sp³-hybridized carbons (Fsp3) is 0.250. The number of nitrogens with one attached hydrogen (secondary N) is 1. The minimum Gasteiger partial charge on any atom is -0.310 e. The molecule has 1 heterocycles. The summed E-state index contributed by atoms with van der Waals surface area (Å²) in [7, 11) is 0. The average molecular weight is 360 g/mol. The first kappa shape index (κ1) is 14.6. The number of halogens is 1. The SMILES string of the molecule is N#Cc1cc(CNC2CC2)ccc1Sc1ccc(Br)cn1. The van der Waals surface area contributed by atoms with Gasteiger partial charge in [-0.2, -0.15) is 5.26 Å². The number of nitrogens with zero attached hydrogens (tertiary/aromatic N) is 2. The number of benzene rings is 1. The Bertz CT molecular complexity index is 675. The van der Waals surface area contributed by atoms with E-state index in [1.54, 1.807) is 6.20 Å². The van der Waals surface area contributed by atoms with E-state index in [9.17, 15) is 5.26 Å². The summed E-state index contributed by atoms with van der Waals surface area (Å²) in [4.78, 5) is 5.28. The molecular weight excluding hydrogens is 346 g/mol. The molecule has 0 amide bonds. The smallest absolute Gasteiger partial charge is 0.101 e. The fourth-order valence-electron chi connectivity index (χ4n) is 1.95. The largest absolute Gasteiger partial charge is 0.310 e. The van der Waals surface area contributed by atoms with Gasteiger partial charge in [0, 0.05) is 28.2 Å². The van der Waals surface area contributed by atoms with E-state index >= 15 is 0 Å². The fourth-order valence-corrected chi connectivity index (χ4v) is 3.00. The molecule has 3 nitrogen and oxygen atoms in total. The quantitative estimate of drug-likeness (QED) is 0.872. The molecule has 5 heteroatoms. The zero-order valence-electron chi connectivity index (χ0n) is 11.3. The lowest BCUT2D eigenvalue weighted by atomic mass is 10.1. The van der Waals surface area contributed by atoms with Crippen LogP contribution in [0.5, 0.6) is 0 Å². The molecule has 0 unspecified atom stereocenters. The van der Waals surface area contributed by atoms with Crippen LogP contribution in [0.2, 0.25) is 0 Å². The molecule has 0 radical (unpaired) electrons. The minimum atomic E-state index is 0.677. The van der Waals surface area contributed by atoms with E-state index in [0.29, 0.717) is 11.6 Å². The summed E-state index contributed by atoms with van der Waals surface area (Å²) < 4.78 is 0.953. The molecule has 1 N–H and O–H groups in total. The third-order valence-corrected chi connectivity index (χ3v) is 4.75. The van der Waals surface area contributed by atoms with Gasteiger partial charge in [0.25, 0.3) is 0 Å². The van der Waals surface area contributed by atoms with Crippen LogP contribution in [0.1, 0.15) is 24.0 Å². The number of hydrogen-bond donors (Lipinski definition) is 1. The third kappa shape index (κ3) is 4.07. The van der Waals surface area contributed by atoms with Crippen LogP contribution < -0.4 is 5.32 Å². The predicted molar refractivity (Wildman–Crippen MR) is 87.1 cm³/mol. The Kier molecular flexibility index (Phi) is 4.59. The van der Waals surface area contributed by atoms with E-state index < -0.39 is 0 Å². The molecule has 1 aromatic carbocycles.